The maximum atomic E-state index is 11.7. The van der Waals surface area contributed by atoms with Crippen LogP contribution in [0.4, 0.5) is 0 Å². The number of aromatic hydroxyl groups is 1. The molecule has 6 nitrogen and oxygen atoms in total. The number of phenolic OH excluding ortho intramolecular Hbond substituents is 1. The van der Waals surface area contributed by atoms with Crippen molar-refractivity contribution in [3.8, 4) is 17.2 Å². The lowest BCUT2D eigenvalue weighted by atomic mass is 9.94. The highest BCUT2D eigenvalue weighted by Gasteiger charge is 2.31. The first-order valence-electron chi connectivity index (χ1n) is 6.15. The van der Waals surface area contributed by atoms with Gasteiger partial charge in [-0.15, -0.1) is 0 Å². The number of rotatable bonds is 5. The average molecular weight is 304 g/mol. The molecule has 0 spiro atoms. The van der Waals surface area contributed by atoms with Crippen LogP contribution in [-0.2, 0) is 10.1 Å². The quantitative estimate of drug-likeness (QED) is 0.812. The topological polar surface area (TPSA) is 93.1 Å². The van der Waals surface area contributed by atoms with Gasteiger partial charge in [0.2, 0.25) is 5.75 Å². The fourth-order valence-corrected chi connectivity index (χ4v) is 3.24. The zero-order valence-electron chi connectivity index (χ0n) is 12.2. The second kappa shape index (κ2) is 5.88. The van der Waals surface area contributed by atoms with Gasteiger partial charge in [0, 0.05) is 11.1 Å². The van der Waals surface area contributed by atoms with Gasteiger partial charge in [0.1, 0.15) is 4.90 Å². The highest BCUT2D eigenvalue weighted by atomic mass is 32.2. The normalized spacial score (nSPS) is 13.1. The summed E-state index contributed by atoms with van der Waals surface area (Å²) in [7, 11) is -1.79. The highest BCUT2D eigenvalue weighted by Crippen LogP contribution is 2.48. The Morgan fingerprint density at radius 2 is 1.70 bits per heavy atom. The molecule has 114 valence electrons. The summed E-state index contributed by atoms with van der Waals surface area (Å²) < 4.78 is 43.1. The minimum atomic E-state index is -4.49. The summed E-state index contributed by atoms with van der Waals surface area (Å²) in [6.07, 6.45) is 0.631. The third kappa shape index (κ3) is 2.69. The Kier molecular flexibility index (Phi) is 4.88. The Morgan fingerprint density at radius 1 is 1.20 bits per heavy atom. The molecule has 20 heavy (non-hydrogen) atoms. The minimum Gasteiger partial charge on any atom is -0.504 e. The number of benzene rings is 1. The molecule has 0 fully saturated rings. The zero-order chi connectivity index (χ0) is 15.7. The average Bonchev–Trinajstić information content (AvgIpc) is 2.38. The van der Waals surface area contributed by atoms with E-state index in [0.29, 0.717) is 12.0 Å². The van der Waals surface area contributed by atoms with Gasteiger partial charge in [-0.1, -0.05) is 13.8 Å². The van der Waals surface area contributed by atoms with Crippen LogP contribution >= 0.6 is 0 Å². The molecule has 0 saturated carbocycles. The van der Waals surface area contributed by atoms with Gasteiger partial charge in [-0.2, -0.15) is 8.42 Å². The highest BCUT2D eigenvalue weighted by molar-refractivity contribution is 7.86. The molecule has 1 aromatic rings. The van der Waals surface area contributed by atoms with Crippen molar-refractivity contribution < 1.29 is 27.6 Å². The summed E-state index contributed by atoms with van der Waals surface area (Å²) in [5.41, 5.74) is 0.352. The van der Waals surface area contributed by atoms with E-state index in [1.54, 1.807) is 0 Å². The molecule has 1 rings (SSSR count). The van der Waals surface area contributed by atoms with E-state index in [1.807, 2.05) is 13.8 Å². The van der Waals surface area contributed by atoms with Gasteiger partial charge >= 0.3 is 0 Å². The molecule has 0 radical (unpaired) electrons. The number of phenols is 1. The second-order valence-electron chi connectivity index (χ2n) is 4.57. The molecule has 0 aliphatic rings. The standard InChI is InChI=1S/C13H20O6S/c1-6-7(2)9-11(18-4)12(19-5)10(14)8(3)13(9)20(15,16)17/h7,14H,6H2,1-5H3,(H,15,16,17). The molecule has 2 N–H and O–H groups in total. The Labute approximate surface area is 119 Å². The molecule has 7 heteroatoms. The maximum Gasteiger partial charge on any atom is 0.295 e. The van der Waals surface area contributed by atoms with Crippen molar-refractivity contribution in [3.63, 3.8) is 0 Å². The van der Waals surface area contributed by atoms with Gasteiger partial charge in [-0.25, -0.2) is 0 Å². The van der Waals surface area contributed by atoms with Crippen LogP contribution in [0.15, 0.2) is 4.90 Å². The molecule has 0 saturated heterocycles. The number of methoxy groups -OCH3 is 2. The molecule has 0 aliphatic carbocycles. The third-order valence-corrected chi connectivity index (χ3v) is 4.42. The molecule has 0 heterocycles. The first-order valence-corrected chi connectivity index (χ1v) is 7.59. The van der Waals surface area contributed by atoms with Crippen LogP contribution in [0.3, 0.4) is 0 Å². The smallest absolute Gasteiger partial charge is 0.295 e. The van der Waals surface area contributed by atoms with Crippen molar-refractivity contribution in [3.05, 3.63) is 11.1 Å². The van der Waals surface area contributed by atoms with E-state index in [-0.39, 0.29) is 33.6 Å². The van der Waals surface area contributed by atoms with E-state index >= 15 is 0 Å². The number of hydrogen-bond acceptors (Lipinski definition) is 5. The van der Waals surface area contributed by atoms with Gasteiger partial charge in [0.25, 0.3) is 10.1 Å². The minimum absolute atomic E-state index is 0.0421. The van der Waals surface area contributed by atoms with Crippen molar-refractivity contribution in [2.75, 3.05) is 14.2 Å². The van der Waals surface area contributed by atoms with Crippen LogP contribution in [0.25, 0.3) is 0 Å². The SMILES string of the molecule is CCC(C)c1c(OC)c(OC)c(O)c(C)c1S(=O)(=O)O. The summed E-state index contributed by atoms with van der Waals surface area (Å²) in [6.45, 7) is 5.10. The van der Waals surface area contributed by atoms with Gasteiger partial charge in [0.05, 0.1) is 14.2 Å². The van der Waals surface area contributed by atoms with Crippen LogP contribution in [0.2, 0.25) is 0 Å². The Morgan fingerprint density at radius 3 is 2.05 bits per heavy atom. The summed E-state index contributed by atoms with van der Waals surface area (Å²) in [4.78, 5) is -0.318. The summed E-state index contributed by atoms with van der Waals surface area (Å²) >= 11 is 0. The second-order valence-corrected chi connectivity index (χ2v) is 5.93. The molecule has 1 atom stereocenters. The largest absolute Gasteiger partial charge is 0.504 e. The van der Waals surface area contributed by atoms with E-state index in [1.165, 1.54) is 21.1 Å². The number of hydrogen-bond donors (Lipinski definition) is 2. The monoisotopic (exact) mass is 304 g/mol. The van der Waals surface area contributed by atoms with Crippen molar-refractivity contribution in [1.82, 2.24) is 0 Å². The molecule has 1 aromatic carbocycles. The Bertz CT molecular complexity index is 606. The first-order chi connectivity index (χ1) is 9.20. The molecule has 0 aliphatic heterocycles. The van der Waals surface area contributed by atoms with Gasteiger partial charge in [0.15, 0.2) is 11.5 Å². The van der Waals surface area contributed by atoms with E-state index < -0.39 is 10.1 Å². The van der Waals surface area contributed by atoms with Gasteiger partial charge < -0.3 is 14.6 Å². The van der Waals surface area contributed by atoms with E-state index in [2.05, 4.69) is 0 Å². The molecular formula is C13H20O6S. The molecular weight excluding hydrogens is 284 g/mol. The van der Waals surface area contributed by atoms with E-state index in [0.717, 1.165) is 0 Å². The van der Waals surface area contributed by atoms with Crippen LogP contribution in [0, 0.1) is 6.92 Å². The van der Waals surface area contributed by atoms with Crippen LogP contribution < -0.4 is 9.47 Å². The van der Waals surface area contributed by atoms with Crippen molar-refractivity contribution >= 4 is 10.1 Å². The fraction of sp³-hybridized carbons (Fsp3) is 0.538. The van der Waals surface area contributed by atoms with E-state index in [4.69, 9.17) is 9.47 Å². The predicted octanol–water partition coefficient (Wildman–Crippen LogP) is 2.48. The predicted molar refractivity (Wildman–Crippen MR) is 74.5 cm³/mol. The van der Waals surface area contributed by atoms with Gasteiger partial charge in [-0.05, 0) is 19.3 Å². The number of ether oxygens (including phenoxy) is 2. The molecule has 0 aromatic heterocycles. The van der Waals surface area contributed by atoms with Crippen LogP contribution in [-0.4, -0.2) is 32.3 Å². The lowest BCUT2D eigenvalue weighted by molar-refractivity contribution is 0.324. The molecule has 0 amide bonds. The molecule has 1 unspecified atom stereocenters. The fourth-order valence-electron chi connectivity index (χ4n) is 2.19. The summed E-state index contributed by atoms with van der Waals surface area (Å²) in [5, 5.41) is 10.1. The maximum absolute atomic E-state index is 11.7. The van der Waals surface area contributed by atoms with Gasteiger partial charge in [-0.3, -0.25) is 4.55 Å². The first kappa shape index (κ1) is 16.6. The lowest BCUT2D eigenvalue weighted by Crippen LogP contribution is -2.11. The van der Waals surface area contributed by atoms with Crippen molar-refractivity contribution in [2.45, 2.75) is 38.0 Å². The Balaban J connectivity index is 3.97. The molecule has 0 bridgehead atoms. The van der Waals surface area contributed by atoms with Crippen molar-refractivity contribution in [1.29, 1.82) is 0 Å². The van der Waals surface area contributed by atoms with E-state index in [9.17, 15) is 18.1 Å². The van der Waals surface area contributed by atoms with Crippen LogP contribution in [0.5, 0.6) is 17.2 Å². The Hall–Kier alpha value is -1.47. The lowest BCUT2D eigenvalue weighted by Gasteiger charge is -2.22. The van der Waals surface area contributed by atoms with Crippen molar-refractivity contribution in [2.24, 2.45) is 0 Å². The zero-order valence-corrected chi connectivity index (χ0v) is 13.0. The van der Waals surface area contributed by atoms with Crippen LogP contribution in [0.1, 0.15) is 37.3 Å². The summed E-state index contributed by atoms with van der Waals surface area (Å²) in [5.74, 6) is -0.371. The third-order valence-electron chi connectivity index (χ3n) is 3.38. The summed E-state index contributed by atoms with van der Waals surface area (Å²) in [6, 6.07) is 0.